The van der Waals surface area contributed by atoms with Gasteiger partial charge in [-0.25, -0.2) is 4.79 Å². The summed E-state index contributed by atoms with van der Waals surface area (Å²) in [6.07, 6.45) is -0.183. The molecule has 0 aromatic heterocycles. The third-order valence-electron chi connectivity index (χ3n) is 2.70. The van der Waals surface area contributed by atoms with Gasteiger partial charge in [0.25, 0.3) is 5.91 Å². The third kappa shape index (κ3) is 5.07. The number of hydrogen-bond donors (Lipinski definition) is 3. The molecule has 0 fully saturated rings. The SMILES string of the molecule is COc1ccc(C(=O)N[C@H](CCC(N)=O)C(=O)O)cc1Br. The molecule has 0 aliphatic carbocycles. The van der Waals surface area contributed by atoms with Crippen molar-refractivity contribution < 1.29 is 24.2 Å². The number of nitrogens with one attached hydrogen (secondary N) is 1. The number of primary amides is 1. The molecular weight excluding hydrogens is 344 g/mol. The van der Waals surface area contributed by atoms with Crippen molar-refractivity contribution >= 4 is 33.7 Å². The molecule has 0 spiro atoms. The quantitative estimate of drug-likeness (QED) is 0.669. The number of nitrogens with two attached hydrogens (primary N) is 1. The summed E-state index contributed by atoms with van der Waals surface area (Å²) in [7, 11) is 1.49. The summed E-state index contributed by atoms with van der Waals surface area (Å²) in [5, 5.41) is 11.4. The van der Waals surface area contributed by atoms with Gasteiger partial charge in [-0.1, -0.05) is 0 Å². The van der Waals surface area contributed by atoms with Gasteiger partial charge < -0.3 is 20.9 Å². The van der Waals surface area contributed by atoms with E-state index in [-0.39, 0.29) is 18.4 Å². The molecule has 8 heteroatoms. The fourth-order valence-corrected chi connectivity index (χ4v) is 2.13. The number of ether oxygens (including phenoxy) is 1. The average molecular weight is 359 g/mol. The Labute approximate surface area is 129 Å². The molecule has 1 aromatic carbocycles. The molecule has 0 heterocycles. The molecular formula is C13H15BrN2O5. The first-order valence-electron chi connectivity index (χ1n) is 6.00. The van der Waals surface area contributed by atoms with Crippen molar-refractivity contribution in [2.75, 3.05) is 7.11 Å². The molecule has 114 valence electrons. The van der Waals surface area contributed by atoms with Gasteiger partial charge in [0.05, 0.1) is 11.6 Å². The van der Waals surface area contributed by atoms with Crippen molar-refractivity contribution in [3.63, 3.8) is 0 Å². The van der Waals surface area contributed by atoms with Crippen molar-refractivity contribution in [1.29, 1.82) is 0 Å². The van der Waals surface area contributed by atoms with Gasteiger partial charge in [0.2, 0.25) is 5.91 Å². The number of carboxylic acids is 1. The van der Waals surface area contributed by atoms with E-state index in [9.17, 15) is 14.4 Å². The normalized spacial score (nSPS) is 11.5. The predicted octanol–water partition coefficient (Wildman–Crippen LogP) is 0.906. The van der Waals surface area contributed by atoms with Gasteiger partial charge in [-0.05, 0) is 40.5 Å². The lowest BCUT2D eigenvalue weighted by molar-refractivity contribution is -0.139. The number of rotatable bonds is 7. The molecule has 1 aromatic rings. The van der Waals surface area contributed by atoms with E-state index in [1.54, 1.807) is 6.07 Å². The van der Waals surface area contributed by atoms with Crippen LogP contribution in [-0.2, 0) is 9.59 Å². The van der Waals surface area contributed by atoms with Gasteiger partial charge in [-0.3, -0.25) is 9.59 Å². The fraction of sp³-hybridized carbons (Fsp3) is 0.308. The highest BCUT2D eigenvalue weighted by Crippen LogP contribution is 2.25. The van der Waals surface area contributed by atoms with Crippen LogP contribution in [0, 0.1) is 0 Å². The van der Waals surface area contributed by atoms with Crippen molar-refractivity contribution in [1.82, 2.24) is 5.32 Å². The number of amides is 2. The third-order valence-corrected chi connectivity index (χ3v) is 3.32. The number of methoxy groups -OCH3 is 1. The Morgan fingerprint density at radius 2 is 2.10 bits per heavy atom. The lowest BCUT2D eigenvalue weighted by Crippen LogP contribution is -2.41. The molecule has 0 saturated carbocycles. The smallest absolute Gasteiger partial charge is 0.326 e. The second kappa shape index (κ2) is 7.63. The average Bonchev–Trinajstić information content (AvgIpc) is 2.42. The summed E-state index contributed by atoms with van der Waals surface area (Å²) in [6, 6.07) is 3.43. The summed E-state index contributed by atoms with van der Waals surface area (Å²) in [6.45, 7) is 0. The minimum atomic E-state index is -1.22. The fourth-order valence-electron chi connectivity index (χ4n) is 1.59. The summed E-state index contributed by atoms with van der Waals surface area (Å²) in [4.78, 5) is 33.7. The molecule has 0 aliphatic heterocycles. The van der Waals surface area contributed by atoms with Gasteiger partial charge >= 0.3 is 5.97 Å². The number of aliphatic carboxylic acids is 1. The van der Waals surface area contributed by atoms with Crippen molar-refractivity contribution in [3.05, 3.63) is 28.2 Å². The summed E-state index contributed by atoms with van der Waals surface area (Å²) >= 11 is 3.24. The van der Waals surface area contributed by atoms with Gasteiger partial charge in [-0.2, -0.15) is 0 Å². The van der Waals surface area contributed by atoms with E-state index in [0.29, 0.717) is 10.2 Å². The second-order valence-corrected chi connectivity index (χ2v) is 5.07. The Hall–Kier alpha value is -2.09. The van der Waals surface area contributed by atoms with Crippen molar-refractivity contribution in [3.8, 4) is 5.75 Å². The summed E-state index contributed by atoms with van der Waals surface area (Å²) < 4.78 is 5.61. The molecule has 2 amide bonds. The van der Waals surface area contributed by atoms with E-state index in [0.717, 1.165) is 0 Å². The van der Waals surface area contributed by atoms with Crippen LogP contribution < -0.4 is 15.8 Å². The number of carbonyl (C=O) groups excluding carboxylic acids is 2. The minimum Gasteiger partial charge on any atom is -0.496 e. The zero-order valence-electron chi connectivity index (χ0n) is 11.3. The second-order valence-electron chi connectivity index (χ2n) is 4.22. The summed E-state index contributed by atoms with van der Waals surface area (Å²) in [5.41, 5.74) is 5.24. The van der Waals surface area contributed by atoms with Crippen LogP contribution in [0.5, 0.6) is 5.75 Å². The number of halogens is 1. The van der Waals surface area contributed by atoms with E-state index in [1.165, 1.54) is 19.2 Å². The van der Waals surface area contributed by atoms with Crippen LogP contribution >= 0.6 is 15.9 Å². The van der Waals surface area contributed by atoms with Crippen LogP contribution in [0.3, 0.4) is 0 Å². The molecule has 0 unspecified atom stereocenters. The molecule has 4 N–H and O–H groups in total. The van der Waals surface area contributed by atoms with Gasteiger partial charge in [-0.15, -0.1) is 0 Å². The molecule has 21 heavy (non-hydrogen) atoms. The highest BCUT2D eigenvalue weighted by atomic mass is 79.9. The van der Waals surface area contributed by atoms with Gasteiger partial charge in [0.15, 0.2) is 0 Å². The van der Waals surface area contributed by atoms with Crippen LogP contribution in [0.2, 0.25) is 0 Å². The van der Waals surface area contributed by atoms with Crippen LogP contribution in [0.15, 0.2) is 22.7 Å². The van der Waals surface area contributed by atoms with Crippen LogP contribution in [-0.4, -0.2) is 36.0 Å². The van der Waals surface area contributed by atoms with Crippen LogP contribution in [0.25, 0.3) is 0 Å². The lowest BCUT2D eigenvalue weighted by Gasteiger charge is -2.14. The zero-order valence-corrected chi connectivity index (χ0v) is 12.8. The number of hydrogen-bond acceptors (Lipinski definition) is 4. The highest BCUT2D eigenvalue weighted by molar-refractivity contribution is 9.10. The number of carboxylic acid groups (broad SMARTS) is 1. The first-order chi connectivity index (χ1) is 9.85. The highest BCUT2D eigenvalue weighted by Gasteiger charge is 2.21. The maximum atomic E-state index is 12.0. The van der Waals surface area contributed by atoms with E-state index in [4.69, 9.17) is 15.6 Å². The molecule has 1 atom stereocenters. The first-order valence-corrected chi connectivity index (χ1v) is 6.80. The molecule has 1 rings (SSSR count). The van der Waals surface area contributed by atoms with E-state index in [1.807, 2.05) is 0 Å². The topological polar surface area (TPSA) is 119 Å². The Morgan fingerprint density at radius 3 is 2.57 bits per heavy atom. The van der Waals surface area contributed by atoms with Gasteiger partial charge in [0.1, 0.15) is 11.8 Å². The molecule has 0 bridgehead atoms. The van der Waals surface area contributed by atoms with Crippen LogP contribution in [0.4, 0.5) is 0 Å². The van der Waals surface area contributed by atoms with Crippen LogP contribution in [0.1, 0.15) is 23.2 Å². The minimum absolute atomic E-state index is 0.0618. The van der Waals surface area contributed by atoms with E-state index in [2.05, 4.69) is 21.2 Å². The summed E-state index contributed by atoms with van der Waals surface area (Å²) in [5.74, 6) is -1.86. The Bertz CT molecular complexity index is 561. The predicted molar refractivity (Wildman–Crippen MR) is 78.0 cm³/mol. The Balaban J connectivity index is 2.79. The lowest BCUT2D eigenvalue weighted by atomic mass is 10.1. The largest absolute Gasteiger partial charge is 0.496 e. The maximum absolute atomic E-state index is 12.0. The van der Waals surface area contributed by atoms with E-state index < -0.39 is 23.8 Å². The zero-order chi connectivity index (χ0) is 16.0. The molecule has 0 saturated heterocycles. The maximum Gasteiger partial charge on any atom is 0.326 e. The van der Waals surface area contributed by atoms with Gasteiger partial charge in [0, 0.05) is 12.0 Å². The standard InChI is InChI=1S/C13H15BrN2O5/c1-21-10-4-2-7(6-8(10)14)12(18)16-9(13(19)20)3-5-11(15)17/h2,4,6,9H,3,5H2,1H3,(H2,15,17)(H,16,18)(H,19,20)/t9-/m1/s1. The molecule has 7 nitrogen and oxygen atoms in total. The molecule has 0 aliphatic rings. The first kappa shape index (κ1) is 17.0. The van der Waals surface area contributed by atoms with Crippen molar-refractivity contribution in [2.24, 2.45) is 5.73 Å². The van der Waals surface area contributed by atoms with E-state index >= 15 is 0 Å². The Morgan fingerprint density at radius 1 is 1.43 bits per heavy atom. The number of benzene rings is 1. The number of carbonyl (C=O) groups is 3. The monoisotopic (exact) mass is 358 g/mol. The Kier molecular flexibility index (Phi) is 6.16. The van der Waals surface area contributed by atoms with Crippen molar-refractivity contribution in [2.45, 2.75) is 18.9 Å². The molecule has 0 radical (unpaired) electrons.